The van der Waals surface area contributed by atoms with Gasteiger partial charge in [-0.2, -0.15) is 0 Å². The number of anilines is 1. The summed E-state index contributed by atoms with van der Waals surface area (Å²) in [6, 6.07) is 12.7. The summed E-state index contributed by atoms with van der Waals surface area (Å²) in [5, 5.41) is 3.52. The maximum absolute atomic E-state index is 12.6. The molecular formula is C21H15Cl3N2O2S2. The number of rotatable bonds is 6. The molecule has 4 nitrogen and oxygen atoms in total. The van der Waals surface area contributed by atoms with Crippen LogP contribution in [0.25, 0.3) is 6.08 Å². The largest absolute Gasteiger partial charge is 0.325 e. The molecule has 1 saturated heterocycles. The summed E-state index contributed by atoms with van der Waals surface area (Å²) in [6.07, 6.45) is 5.49. The molecule has 1 N–H and O–H groups in total. The van der Waals surface area contributed by atoms with Crippen LogP contribution in [0, 0.1) is 0 Å². The lowest BCUT2D eigenvalue weighted by Gasteiger charge is -2.14. The van der Waals surface area contributed by atoms with Gasteiger partial charge in [0.2, 0.25) is 5.91 Å². The highest BCUT2D eigenvalue weighted by Gasteiger charge is 2.31. The molecule has 0 aromatic heterocycles. The number of nitrogens with one attached hydrogen (secondary N) is 1. The standard InChI is InChI=1S/C21H15Cl3N2O2S2/c22-14-11-16(24)17(12-15(14)23)25-19(27)9-10-26-20(28)18(30-21(26)29)8-4-7-13-5-2-1-3-6-13/h1-8,11-12H,9-10H2,(H,25,27). The molecule has 3 rings (SSSR count). The van der Waals surface area contributed by atoms with Gasteiger partial charge < -0.3 is 5.32 Å². The molecule has 0 radical (unpaired) electrons. The van der Waals surface area contributed by atoms with E-state index in [9.17, 15) is 9.59 Å². The van der Waals surface area contributed by atoms with E-state index in [2.05, 4.69) is 5.32 Å². The molecule has 1 heterocycles. The third kappa shape index (κ3) is 5.86. The van der Waals surface area contributed by atoms with Gasteiger partial charge in [-0.3, -0.25) is 14.5 Å². The molecule has 0 bridgehead atoms. The summed E-state index contributed by atoms with van der Waals surface area (Å²) in [5.74, 6) is -0.541. The van der Waals surface area contributed by atoms with E-state index in [1.54, 1.807) is 12.2 Å². The van der Waals surface area contributed by atoms with Crippen LogP contribution in [0.15, 0.2) is 59.5 Å². The van der Waals surface area contributed by atoms with Gasteiger partial charge in [0.25, 0.3) is 5.91 Å². The first-order valence-corrected chi connectivity index (χ1v) is 11.1. The average Bonchev–Trinajstić information content (AvgIpc) is 2.98. The number of benzene rings is 2. The van der Waals surface area contributed by atoms with Gasteiger partial charge in [0.05, 0.1) is 25.7 Å². The second-order valence-electron chi connectivity index (χ2n) is 6.17. The summed E-state index contributed by atoms with van der Waals surface area (Å²) in [6.45, 7) is 0.162. The Hall–Kier alpha value is -1.83. The van der Waals surface area contributed by atoms with Crippen LogP contribution < -0.4 is 5.32 Å². The third-order valence-electron chi connectivity index (χ3n) is 4.06. The van der Waals surface area contributed by atoms with Gasteiger partial charge in [0, 0.05) is 13.0 Å². The van der Waals surface area contributed by atoms with Crippen LogP contribution in [-0.2, 0) is 9.59 Å². The number of nitrogens with zero attached hydrogens (tertiary/aromatic N) is 1. The number of amides is 2. The van der Waals surface area contributed by atoms with Crippen molar-refractivity contribution in [1.29, 1.82) is 0 Å². The van der Waals surface area contributed by atoms with Gasteiger partial charge in [-0.05, 0) is 23.8 Å². The first kappa shape index (κ1) is 22.8. The molecule has 0 aliphatic carbocycles. The quantitative estimate of drug-likeness (QED) is 0.284. The maximum atomic E-state index is 12.6. The van der Waals surface area contributed by atoms with Crippen molar-refractivity contribution in [2.75, 3.05) is 11.9 Å². The van der Waals surface area contributed by atoms with Gasteiger partial charge in [0.15, 0.2) is 0 Å². The van der Waals surface area contributed by atoms with Crippen LogP contribution in [0.3, 0.4) is 0 Å². The zero-order valence-corrected chi connectivity index (χ0v) is 19.3. The number of thioether (sulfide) groups is 1. The molecule has 2 aromatic rings. The molecule has 2 aromatic carbocycles. The lowest BCUT2D eigenvalue weighted by molar-refractivity contribution is -0.122. The average molecular weight is 498 g/mol. The Morgan fingerprint density at radius 3 is 2.53 bits per heavy atom. The van der Waals surface area contributed by atoms with E-state index < -0.39 is 0 Å². The molecule has 30 heavy (non-hydrogen) atoms. The predicted octanol–water partition coefficient (Wildman–Crippen LogP) is 6.43. The van der Waals surface area contributed by atoms with Crippen molar-refractivity contribution in [3.05, 3.63) is 80.2 Å². The fourth-order valence-electron chi connectivity index (χ4n) is 2.56. The Morgan fingerprint density at radius 2 is 1.80 bits per heavy atom. The molecule has 1 aliphatic rings. The van der Waals surface area contributed by atoms with Crippen molar-refractivity contribution in [2.24, 2.45) is 0 Å². The van der Waals surface area contributed by atoms with Gasteiger partial charge in [-0.25, -0.2) is 0 Å². The summed E-state index contributed by atoms with van der Waals surface area (Å²) in [7, 11) is 0. The number of hydrogen-bond acceptors (Lipinski definition) is 4. The fourth-order valence-corrected chi connectivity index (χ4v) is 4.42. The van der Waals surface area contributed by atoms with Gasteiger partial charge in [0.1, 0.15) is 4.32 Å². The number of allylic oxidation sites excluding steroid dienone is 2. The molecule has 0 spiro atoms. The molecule has 0 unspecified atom stereocenters. The van der Waals surface area contributed by atoms with Crippen molar-refractivity contribution in [3.63, 3.8) is 0 Å². The number of hydrogen-bond donors (Lipinski definition) is 1. The minimum absolute atomic E-state index is 0.0517. The van der Waals surface area contributed by atoms with Crippen molar-refractivity contribution >= 4 is 86.7 Å². The first-order valence-electron chi connectivity index (χ1n) is 8.76. The van der Waals surface area contributed by atoms with E-state index in [1.165, 1.54) is 28.8 Å². The number of carbonyl (C=O) groups is 2. The minimum Gasteiger partial charge on any atom is -0.325 e. The molecule has 1 aliphatic heterocycles. The van der Waals surface area contributed by atoms with Crippen molar-refractivity contribution in [2.45, 2.75) is 6.42 Å². The number of carbonyl (C=O) groups excluding carboxylic acids is 2. The Kier molecular flexibility index (Phi) is 7.97. The first-order chi connectivity index (χ1) is 14.3. The van der Waals surface area contributed by atoms with E-state index in [0.717, 1.165) is 5.56 Å². The molecular weight excluding hydrogens is 483 g/mol. The molecule has 9 heteroatoms. The molecule has 0 saturated carbocycles. The SMILES string of the molecule is O=C(CCN1C(=O)C(=CC=Cc2ccccc2)SC1=S)Nc1cc(Cl)c(Cl)cc1Cl. The lowest BCUT2D eigenvalue weighted by Crippen LogP contribution is -2.31. The molecule has 0 atom stereocenters. The van der Waals surface area contributed by atoms with Crippen LogP contribution in [0.4, 0.5) is 5.69 Å². The highest BCUT2D eigenvalue weighted by Crippen LogP contribution is 2.33. The summed E-state index contributed by atoms with van der Waals surface area (Å²) in [5.41, 5.74) is 1.38. The van der Waals surface area contributed by atoms with Crippen LogP contribution in [0.1, 0.15) is 12.0 Å². The topological polar surface area (TPSA) is 49.4 Å². The fraction of sp³-hybridized carbons (Fsp3) is 0.0952. The van der Waals surface area contributed by atoms with Crippen molar-refractivity contribution < 1.29 is 9.59 Å². The molecule has 2 amide bonds. The van der Waals surface area contributed by atoms with Crippen molar-refractivity contribution in [3.8, 4) is 0 Å². The maximum Gasteiger partial charge on any atom is 0.266 e. The monoisotopic (exact) mass is 496 g/mol. The zero-order valence-electron chi connectivity index (χ0n) is 15.4. The third-order valence-corrected chi connectivity index (χ3v) is 6.49. The van der Waals surface area contributed by atoms with E-state index in [4.69, 9.17) is 47.0 Å². The zero-order chi connectivity index (χ0) is 21.7. The smallest absolute Gasteiger partial charge is 0.266 e. The number of thiocarbonyl (C=S) groups is 1. The van der Waals surface area contributed by atoms with Crippen LogP contribution >= 0.6 is 58.8 Å². The Bertz CT molecular complexity index is 1060. The Labute approximate surface area is 198 Å². The van der Waals surface area contributed by atoms with Crippen LogP contribution in [0.2, 0.25) is 15.1 Å². The Morgan fingerprint density at radius 1 is 1.10 bits per heavy atom. The highest BCUT2D eigenvalue weighted by molar-refractivity contribution is 8.26. The second-order valence-corrected chi connectivity index (χ2v) is 9.07. The summed E-state index contributed by atoms with van der Waals surface area (Å²) >= 11 is 24.4. The predicted molar refractivity (Wildman–Crippen MR) is 130 cm³/mol. The van der Waals surface area contributed by atoms with Crippen LogP contribution in [0.5, 0.6) is 0 Å². The van der Waals surface area contributed by atoms with Crippen LogP contribution in [-0.4, -0.2) is 27.6 Å². The second kappa shape index (κ2) is 10.5. The minimum atomic E-state index is -0.322. The summed E-state index contributed by atoms with van der Waals surface area (Å²) in [4.78, 5) is 26.8. The van der Waals surface area contributed by atoms with Gasteiger partial charge in [-0.15, -0.1) is 0 Å². The summed E-state index contributed by atoms with van der Waals surface area (Å²) < 4.78 is 0.416. The van der Waals surface area contributed by atoms with Crippen molar-refractivity contribution in [1.82, 2.24) is 4.90 Å². The Balaban J connectivity index is 1.58. The van der Waals surface area contributed by atoms with Gasteiger partial charge >= 0.3 is 0 Å². The van der Waals surface area contributed by atoms with Gasteiger partial charge in [-0.1, -0.05) is 101 Å². The molecule has 1 fully saturated rings. The van der Waals surface area contributed by atoms with E-state index in [0.29, 0.717) is 19.9 Å². The number of halogens is 3. The lowest BCUT2D eigenvalue weighted by atomic mass is 10.2. The highest BCUT2D eigenvalue weighted by atomic mass is 35.5. The van der Waals surface area contributed by atoms with E-state index >= 15 is 0 Å². The van der Waals surface area contributed by atoms with E-state index in [-0.39, 0.29) is 34.8 Å². The van der Waals surface area contributed by atoms with E-state index in [1.807, 2.05) is 36.4 Å². The molecule has 154 valence electrons. The normalized spacial score (nSPS) is 15.4.